The van der Waals surface area contributed by atoms with Crippen LogP contribution < -0.4 is 4.74 Å². The van der Waals surface area contributed by atoms with E-state index in [0.29, 0.717) is 35.8 Å². The van der Waals surface area contributed by atoms with Crippen molar-refractivity contribution < 1.29 is 19.4 Å². The highest BCUT2D eigenvalue weighted by Crippen LogP contribution is 2.41. The van der Waals surface area contributed by atoms with Gasteiger partial charge in [0.2, 0.25) is 0 Å². The standard InChI is InChI=1S/C16H17ClO4/c1-8-4-11(12(5-8)16(19)20)14(18)13-7-10(17)6-9-2-3-21-15(9)13/h6-8,11-12H,2-5H2,1H3,(H,19,20). The zero-order valence-electron chi connectivity index (χ0n) is 11.8. The van der Waals surface area contributed by atoms with Crippen LogP contribution in [0.1, 0.15) is 35.7 Å². The summed E-state index contributed by atoms with van der Waals surface area (Å²) in [5.41, 5.74) is 1.38. The van der Waals surface area contributed by atoms with Gasteiger partial charge in [0.25, 0.3) is 0 Å². The van der Waals surface area contributed by atoms with Gasteiger partial charge in [0.15, 0.2) is 5.78 Å². The van der Waals surface area contributed by atoms with Crippen LogP contribution in [0.15, 0.2) is 12.1 Å². The van der Waals surface area contributed by atoms with Crippen LogP contribution in [-0.2, 0) is 11.2 Å². The number of rotatable bonds is 3. The van der Waals surface area contributed by atoms with Crippen molar-refractivity contribution in [1.82, 2.24) is 0 Å². The summed E-state index contributed by atoms with van der Waals surface area (Å²) in [5, 5.41) is 9.84. The highest BCUT2D eigenvalue weighted by molar-refractivity contribution is 6.31. The summed E-state index contributed by atoms with van der Waals surface area (Å²) < 4.78 is 5.56. The number of Topliss-reactive ketones (excluding diaryl/α,β-unsaturated/α-hetero) is 1. The lowest BCUT2D eigenvalue weighted by atomic mass is 9.87. The van der Waals surface area contributed by atoms with E-state index in [4.69, 9.17) is 16.3 Å². The Morgan fingerprint density at radius 3 is 2.71 bits per heavy atom. The molecule has 3 rings (SSSR count). The number of aliphatic carboxylic acids is 1. The fourth-order valence-electron chi connectivity index (χ4n) is 3.51. The molecule has 1 aliphatic heterocycles. The monoisotopic (exact) mass is 308 g/mol. The SMILES string of the molecule is CC1CC(C(=O)O)C(C(=O)c2cc(Cl)cc3c2OCC3)C1. The number of ketones is 1. The van der Waals surface area contributed by atoms with Crippen LogP contribution in [0.2, 0.25) is 5.02 Å². The molecule has 5 heteroatoms. The van der Waals surface area contributed by atoms with Crippen molar-refractivity contribution >= 4 is 23.4 Å². The highest BCUT2D eigenvalue weighted by atomic mass is 35.5. The molecular formula is C16H17ClO4. The van der Waals surface area contributed by atoms with E-state index in [1.807, 2.05) is 13.0 Å². The molecule has 3 atom stereocenters. The van der Waals surface area contributed by atoms with Gasteiger partial charge in [0, 0.05) is 17.4 Å². The van der Waals surface area contributed by atoms with Gasteiger partial charge in [-0.1, -0.05) is 18.5 Å². The van der Waals surface area contributed by atoms with Crippen LogP contribution in [-0.4, -0.2) is 23.5 Å². The maximum Gasteiger partial charge on any atom is 0.307 e. The molecular weight excluding hydrogens is 292 g/mol. The molecule has 21 heavy (non-hydrogen) atoms. The third-order valence-electron chi connectivity index (χ3n) is 4.47. The number of hydrogen-bond donors (Lipinski definition) is 1. The quantitative estimate of drug-likeness (QED) is 0.871. The van der Waals surface area contributed by atoms with Gasteiger partial charge >= 0.3 is 5.97 Å². The molecule has 0 radical (unpaired) electrons. The molecule has 1 aromatic rings. The Bertz CT molecular complexity index is 611. The number of carboxylic acids is 1. The zero-order chi connectivity index (χ0) is 15.1. The number of ether oxygens (including phenoxy) is 1. The number of carbonyl (C=O) groups is 2. The van der Waals surface area contributed by atoms with Crippen molar-refractivity contribution in [3.8, 4) is 5.75 Å². The molecule has 4 nitrogen and oxygen atoms in total. The van der Waals surface area contributed by atoms with Gasteiger partial charge in [0.1, 0.15) is 5.75 Å². The minimum absolute atomic E-state index is 0.146. The number of fused-ring (bicyclic) bond motifs is 1. The minimum atomic E-state index is -0.891. The van der Waals surface area contributed by atoms with E-state index in [2.05, 4.69) is 0 Å². The molecule has 0 aromatic heterocycles. The lowest BCUT2D eigenvalue weighted by Crippen LogP contribution is -2.25. The predicted octanol–water partition coefficient (Wildman–Crippen LogP) is 3.20. The van der Waals surface area contributed by atoms with Gasteiger partial charge in [-0.2, -0.15) is 0 Å². The Balaban J connectivity index is 1.97. The predicted molar refractivity (Wildman–Crippen MR) is 78.0 cm³/mol. The molecule has 0 saturated heterocycles. The maximum absolute atomic E-state index is 12.8. The topological polar surface area (TPSA) is 63.6 Å². The molecule has 0 bridgehead atoms. The Morgan fingerprint density at radius 1 is 1.29 bits per heavy atom. The first-order chi connectivity index (χ1) is 9.97. The first-order valence-corrected chi connectivity index (χ1v) is 7.57. The van der Waals surface area contributed by atoms with Gasteiger partial charge in [-0.05, 0) is 36.5 Å². The van der Waals surface area contributed by atoms with Gasteiger partial charge in [-0.15, -0.1) is 0 Å². The van der Waals surface area contributed by atoms with Gasteiger partial charge in [-0.3, -0.25) is 9.59 Å². The van der Waals surface area contributed by atoms with E-state index >= 15 is 0 Å². The Morgan fingerprint density at radius 2 is 2.00 bits per heavy atom. The number of halogens is 1. The van der Waals surface area contributed by atoms with E-state index < -0.39 is 17.8 Å². The largest absolute Gasteiger partial charge is 0.492 e. The van der Waals surface area contributed by atoms with Gasteiger partial charge in [0.05, 0.1) is 18.1 Å². The maximum atomic E-state index is 12.8. The summed E-state index contributed by atoms with van der Waals surface area (Å²) in [5.74, 6) is -1.29. The van der Waals surface area contributed by atoms with E-state index in [1.54, 1.807) is 6.07 Å². The molecule has 1 N–H and O–H groups in total. The van der Waals surface area contributed by atoms with E-state index in [0.717, 1.165) is 12.0 Å². The first kappa shape index (κ1) is 14.4. The van der Waals surface area contributed by atoms with Gasteiger partial charge < -0.3 is 9.84 Å². The summed E-state index contributed by atoms with van der Waals surface area (Å²) in [6.45, 7) is 2.53. The van der Waals surface area contributed by atoms with Crippen LogP contribution in [0, 0.1) is 17.8 Å². The van der Waals surface area contributed by atoms with E-state index in [9.17, 15) is 14.7 Å². The third-order valence-corrected chi connectivity index (χ3v) is 4.68. The zero-order valence-corrected chi connectivity index (χ0v) is 12.5. The van der Waals surface area contributed by atoms with Crippen molar-refractivity contribution in [3.63, 3.8) is 0 Å². The van der Waals surface area contributed by atoms with Crippen LogP contribution in [0.5, 0.6) is 5.75 Å². The molecule has 3 unspecified atom stereocenters. The van der Waals surface area contributed by atoms with Crippen molar-refractivity contribution in [2.75, 3.05) is 6.61 Å². The lowest BCUT2D eigenvalue weighted by Gasteiger charge is -2.16. The minimum Gasteiger partial charge on any atom is -0.492 e. The highest BCUT2D eigenvalue weighted by Gasteiger charge is 2.42. The molecule has 1 aromatic carbocycles. The Hall–Kier alpha value is -1.55. The van der Waals surface area contributed by atoms with Crippen molar-refractivity contribution in [2.24, 2.45) is 17.8 Å². The first-order valence-electron chi connectivity index (χ1n) is 7.19. The number of benzene rings is 1. The summed E-state index contributed by atoms with van der Waals surface area (Å²) >= 11 is 6.08. The molecule has 1 heterocycles. The second kappa shape index (κ2) is 5.34. The smallest absolute Gasteiger partial charge is 0.307 e. The average molecular weight is 309 g/mol. The molecule has 2 aliphatic rings. The summed E-state index contributed by atoms with van der Waals surface area (Å²) in [6.07, 6.45) is 1.89. The van der Waals surface area contributed by atoms with Crippen molar-refractivity contribution in [3.05, 3.63) is 28.3 Å². The van der Waals surface area contributed by atoms with Crippen molar-refractivity contribution in [2.45, 2.75) is 26.2 Å². The van der Waals surface area contributed by atoms with E-state index in [1.165, 1.54) is 0 Å². The second-order valence-electron chi connectivity index (χ2n) is 6.03. The fourth-order valence-corrected chi connectivity index (χ4v) is 3.75. The summed E-state index contributed by atoms with van der Waals surface area (Å²) in [6, 6.07) is 3.42. The molecule has 1 aliphatic carbocycles. The van der Waals surface area contributed by atoms with Crippen LogP contribution >= 0.6 is 11.6 Å². The number of carbonyl (C=O) groups excluding carboxylic acids is 1. The molecule has 1 saturated carbocycles. The number of carboxylic acid groups (broad SMARTS) is 1. The summed E-state index contributed by atoms with van der Waals surface area (Å²) in [4.78, 5) is 24.2. The fraction of sp³-hybridized carbons (Fsp3) is 0.500. The third kappa shape index (κ3) is 2.53. The molecule has 0 spiro atoms. The Labute approximate surface area is 128 Å². The molecule has 1 fully saturated rings. The van der Waals surface area contributed by atoms with E-state index in [-0.39, 0.29) is 11.7 Å². The molecule has 0 amide bonds. The van der Waals surface area contributed by atoms with Gasteiger partial charge in [-0.25, -0.2) is 0 Å². The summed E-state index contributed by atoms with van der Waals surface area (Å²) in [7, 11) is 0. The second-order valence-corrected chi connectivity index (χ2v) is 6.47. The normalized spacial score (nSPS) is 27.2. The van der Waals surface area contributed by atoms with Crippen LogP contribution in [0.4, 0.5) is 0 Å². The number of hydrogen-bond acceptors (Lipinski definition) is 3. The lowest BCUT2D eigenvalue weighted by molar-refractivity contribution is -0.142. The van der Waals surface area contributed by atoms with Crippen LogP contribution in [0.25, 0.3) is 0 Å². The van der Waals surface area contributed by atoms with Crippen molar-refractivity contribution in [1.29, 1.82) is 0 Å². The average Bonchev–Trinajstić information content (AvgIpc) is 3.02. The molecule has 112 valence electrons. The van der Waals surface area contributed by atoms with Crippen LogP contribution in [0.3, 0.4) is 0 Å². The Kier molecular flexibility index (Phi) is 3.66.